The van der Waals surface area contributed by atoms with Gasteiger partial charge in [-0.05, 0) is 34.1 Å². The first-order chi connectivity index (χ1) is 13.6. The Labute approximate surface area is 184 Å². The fourth-order valence-corrected chi connectivity index (χ4v) is 6.14. The van der Waals surface area contributed by atoms with Crippen molar-refractivity contribution in [1.29, 1.82) is 5.26 Å². The van der Waals surface area contributed by atoms with Crippen molar-refractivity contribution in [3.63, 3.8) is 0 Å². The van der Waals surface area contributed by atoms with Crippen molar-refractivity contribution in [2.24, 2.45) is 10.8 Å². The highest BCUT2D eigenvalue weighted by atomic mass is 79.9. The highest BCUT2D eigenvalue weighted by Gasteiger charge is 2.66. The van der Waals surface area contributed by atoms with Gasteiger partial charge in [0.1, 0.15) is 28.8 Å². The van der Waals surface area contributed by atoms with Crippen molar-refractivity contribution in [3.05, 3.63) is 56.8 Å². The minimum Gasteiger partial charge on any atom is -0.489 e. The SMILES string of the molecule is CC1(C)C(Oc2ccc(C#N)c(Cl)c2)C(C)(C)C1N1Cc2nc(Br)ccc2C1O. The lowest BCUT2D eigenvalue weighted by molar-refractivity contribution is -0.235. The molecule has 1 N–H and O–H groups in total. The van der Waals surface area contributed by atoms with Gasteiger partial charge in [-0.3, -0.25) is 4.90 Å². The Morgan fingerprint density at radius 2 is 1.93 bits per heavy atom. The van der Waals surface area contributed by atoms with Crippen molar-refractivity contribution in [1.82, 2.24) is 9.88 Å². The van der Waals surface area contributed by atoms with Gasteiger partial charge in [-0.15, -0.1) is 0 Å². The monoisotopic (exact) mass is 475 g/mol. The Balaban J connectivity index is 1.59. The molecule has 2 heterocycles. The van der Waals surface area contributed by atoms with Crippen LogP contribution in [0.5, 0.6) is 5.75 Å². The molecule has 1 aromatic heterocycles. The number of benzene rings is 1. The molecule has 0 radical (unpaired) electrons. The van der Waals surface area contributed by atoms with Gasteiger partial charge in [-0.1, -0.05) is 45.4 Å². The number of aromatic nitrogens is 1. The van der Waals surface area contributed by atoms with E-state index in [9.17, 15) is 5.11 Å². The van der Waals surface area contributed by atoms with Gasteiger partial charge in [-0.25, -0.2) is 4.98 Å². The molecule has 4 rings (SSSR count). The number of pyridine rings is 1. The fraction of sp³-hybridized carbons (Fsp3) is 0.455. The molecule has 1 aliphatic heterocycles. The van der Waals surface area contributed by atoms with Crippen LogP contribution in [0, 0.1) is 22.2 Å². The predicted molar refractivity (Wildman–Crippen MR) is 114 cm³/mol. The van der Waals surface area contributed by atoms with Gasteiger partial charge in [0.05, 0.1) is 16.3 Å². The second kappa shape index (κ2) is 6.95. The highest BCUT2D eigenvalue weighted by molar-refractivity contribution is 9.10. The third-order valence-electron chi connectivity index (χ3n) is 6.31. The van der Waals surface area contributed by atoms with E-state index in [0.717, 1.165) is 15.9 Å². The van der Waals surface area contributed by atoms with E-state index in [0.29, 0.717) is 22.9 Å². The zero-order valence-electron chi connectivity index (χ0n) is 16.8. The molecule has 0 saturated heterocycles. The topological polar surface area (TPSA) is 69.4 Å². The number of nitriles is 1. The quantitative estimate of drug-likeness (QED) is 0.627. The normalized spacial score (nSPS) is 27.0. The summed E-state index contributed by atoms with van der Waals surface area (Å²) >= 11 is 9.60. The van der Waals surface area contributed by atoms with E-state index in [2.05, 4.69) is 59.6 Å². The summed E-state index contributed by atoms with van der Waals surface area (Å²) in [5.74, 6) is 0.648. The highest BCUT2D eigenvalue weighted by Crippen LogP contribution is 2.60. The van der Waals surface area contributed by atoms with E-state index >= 15 is 0 Å². The standard InChI is InChI=1S/C22H23BrClN3O2/c1-21(2)19(27-11-16-14(18(27)28)7-8-17(23)26-16)22(3,4)20(21)29-13-6-5-12(10-25)15(24)9-13/h5-9,18-20,28H,11H2,1-4H3. The van der Waals surface area contributed by atoms with Crippen molar-refractivity contribution < 1.29 is 9.84 Å². The van der Waals surface area contributed by atoms with Crippen LogP contribution >= 0.6 is 27.5 Å². The lowest BCUT2D eigenvalue weighted by atomic mass is 9.49. The number of aliphatic hydroxyl groups is 1. The average Bonchev–Trinajstić information content (AvgIpc) is 2.94. The summed E-state index contributed by atoms with van der Waals surface area (Å²) < 4.78 is 7.13. The molecule has 0 amide bonds. The summed E-state index contributed by atoms with van der Waals surface area (Å²) in [6.07, 6.45) is -0.765. The van der Waals surface area contributed by atoms with Gasteiger partial charge in [-0.2, -0.15) is 5.26 Å². The maximum absolute atomic E-state index is 11.0. The predicted octanol–water partition coefficient (Wildman–Crippen LogP) is 5.06. The van der Waals surface area contributed by atoms with Crippen LogP contribution in [0.2, 0.25) is 5.02 Å². The maximum atomic E-state index is 11.0. The third kappa shape index (κ3) is 3.16. The Kier molecular flexibility index (Phi) is 4.94. The molecule has 5 nitrogen and oxygen atoms in total. The first-order valence-corrected chi connectivity index (χ1v) is 10.7. The number of rotatable bonds is 3. The molecule has 1 aliphatic carbocycles. The fourth-order valence-electron chi connectivity index (χ4n) is 5.58. The molecule has 7 heteroatoms. The smallest absolute Gasteiger partial charge is 0.136 e. The Morgan fingerprint density at radius 3 is 2.55 bits per heavy atom. The van der Waals surface area contributed by atoms with Gasteiger partial charge in [0.15, 0.2) is 0 Å². The van der Waals surface area contributed by atoms with Crippen LogP contribution < -0.4 is 4.74 Å². The van der Waals surface area contributed by atoms with Crippen LogP contribution in [0.25, 0.3) is 0 Å². The number of fused-ring (bicyclic) bond motifs is 1. The summed E-state index contributed by atoms with van der Waals surface area (Å²) in [5.41, 5.74) is 1.76. The zero-order valence-corrected chi connectivity index (χ0v) is 19.1. The molecular weight excluding hydrogens is 454 g/mol. The average molecular weight is 477 g/mol. The second-order valence-corrected chi connectivity index (χ2v) is 10.2. The van der Waals surface area contributed by atoms with Gasteiger partial charge in [0.25, 0.3) is 0 Å². The minimum atomic E-state index is -0.681. The van der Waals surface area contributed by atoms with Crippen molar-refractivity contribution in [2.75, 3.05) is 0 Å². The molecular formula is C22H23BrClN3O2. The molecule has 1 atom stereocenters. The molecule has 0 spiro atoms. The second-order valence-electron chi connectivity index (χ2n) is 9.01. The van der Waals surface area contributed by atoms with E-state index in [4.69, 9.17) is 21.6 Å². The molecule has 2 aromatic rings. The molecule has 1 aromatic carbocycles. The molecule has 1 saturated carbocycles. The number of nitrogens with zero attached hydrogens (tertiary/aromatic N) is 3. The van der Waals surface area contributed by atoms with E-state index in [1.165, 1.54) is 0 Å². The van der Waals surface area contributed by atoms with Crippen LogP contribution in [0.4, 0.5) is 0 Å². The van der Waals surface area contributed by atoms with Crippen molar-refractivity contribution >= 4 is 27.5 Å². The molecule has 29 heavy (non-hydrogen) atoms. The van der Waals surface area contributed by atoms with Gasteiger partial charge < -0.3 is 9.84 Å². The first-order valence-electron chi connectivity index (χ1n) is 9.53. The Bertz CT molecular complexity index is 1000. The zero-order chi connectivity index (χ0) is 21.1. The summed E-state index contributed by atoms with van der Waals surface area (Å²) in [6.45, 7) is 9.26. The molecule has 2 aliphatic rings. The largest absolute Gasteiger partial charge is 0.489 e. The van der Waals surface area contributed by atoms with Crippen LogP contribution in [-0.2, 0) is 6.54 Å². The van der Waals surface area contributed by atoms with Crippen LogP contribution in [-0.4, -0.2) is 27.1 Å². The van der Waals surface area contributed by atoms with Crippen LogP contribution in [0.15, 0.2) is 34.9 Å². The number of hydrogen-bond donors (Lipinski definition) is 1. The number of ether oxygens (including phenoxy) is 1. The van der Waals surface area contributed by atoms with Crippen molar-refractivity contribution in [2.45, 2.75) is 52.6 Å². The minimum absolute atomic E-state index is 0.0837. The first kappa shape index (κ1) is 20.6. The summed E-state index contributed by atoms with van der Waals surface area (Å²) in [6, 6.07) is 11.1. The van der Waals surface area contributed by atoms with E-state index in [1.807, 2.05) is 12.1 Å². The van der Waals surface area contributed by atoms with E-state index in [-0.39, 0.29) is 23.0 Å². The number of halogens is 2. The summed E-state index contributed by atoms with van der Waals surface area (Å²) in [5, 5.41) is 20.4. The summed E-state index contributed by atoms with van der Waals surface area (Å²) in [4.78, 5) is 6.67. The van der Waals surface area contributed by atoms with Gasteiger partial charge >= 0.3 is 0 Å². The Morgan fingerprint density at radius 1 is 1.24 bits per heavy atom. The van der Waals surface area contributed by atoms with E-state index in [1.54, 1.807) is 18.2 Å². The molecule has 152 valence electrons. The van der Waals surface area contributed by atoms with Crippen molar-refractivity contribution in [3.8, 4) is 11.8 Å². The molecule has 1 unspecified atom stereocenters. The third-order valence-corrected chi connectivity index (χ3v) is 7.06. The van der Waals surface area contributed by atoms with Gasteiger partial charge in [0.2, 0.25) is 0 Å². The van der Waals surface area contributed by atoms with E-state index < -0.39 is 6.23 Å². The van der Waals surface area contributed by atoms with Crippen LogP contribution in [0.3, 0.4) is 0 Å². The summed E-state index contributed by atoms with van der Waals surface area (Å²) in [7, 11) is 0. The number of aliphatic hydroxyl groups excluding tert-OH is 1. The lowest BCUT2D eigenvalue weighted by Gasteiger charge is -2.66. The Hall–Kier alpha value is -1.65. The maximum Gasteiger partial charge on any atom is 0.136 e. The lowest BCUT2D eigenvalue weighted by Crippen LogP contribution is -2.74. The van der Waals surface area contributed by atoms with Crippen LogP contribution in [0.1, 0.15) is 50.7 Å². The molecule has 1 fully saturated rings. The van der Waals surface area contributed by atoms with Gasteiger partial charge in [0, 0.05) is 35.0 Å². The molecule has 0 bridgehead atoms. The number of hydrogen-bond acceptors (Lipinski definition) is 5.